The normalized spacial score (nSPS) is 12.5. The van der Waals surface area contributed by atoms with Crippen molar-refractivity contribution in [2.45, 2.75) is 20.3 Å². The van der Waals surface area contributed by atoms with E-state index >= 15 is 0 Å². The first-order valence-corrected chi connectivity index (χ1v) is 4.65. The molecule has 2 N–H and O–H groups in total. The Bertz CT molecular complexity index is 242. The summed E-state index contributed by atoms with van der Waals surface area (Å²) in [5.41, 5.74) is 5.90. The fourth-order valence-electron chi connectivity index (χ4n) is 0.908. The molecule has 0 aromatic rings. The highest BCUT2D eigenvalue weighted by Crippen LogP contribution is 2.13. The molecular formula is C11H19NO2. The van der Waals surface area contributed by atoms with Crippen LogP contribution in [0.25, 0.3) is 0 Å². The number of allylic oxidation sites excluding steroid dienone is 2. The lowest BCUT2D eigenvalue weighted by molar-refractivity contribution is 0.176. The minimum Gasteiger partial charge on any atom is -0.493 e. The Hall–Kier alpha value is -1.38. The minimum atomic E-state index is 0.446. The molecule has 3 heteroatoms. The van der Waals surface area contributed by atoms with Gasteiger partial charge in [-0.2, -0.15) is 0 Å². The maximum Gasteiger partial charge on any atom is 0.162 e. The Morgan fingerprint density at radius 1 is 1.43 bits per heavy atom. The molecule has 0 radical (unpaired) electrons. The van der Waals surface area contributed by atoms with Crippen LogP contribution >= 0.6 is 0 Å². The van der Waals surface area contributed by atoms with Gasteiger partial charge in [-0.15, -0.1) is 0 Å². The third-order valence-electron chi connectivity index (χ3n) is 1.50. The fourth-order valence-corrected chi connectivity index (χ4v) is 0.908. The van der Waals surface area contributed by atoms with Crippen LogP contribution in [0.5, 0.6) is 0 Å². The third-order valence-corrected chi connectivity index (χ3v) is 1.50. The van der Waals surface area contributed by atoms with E-state index in [0.29, 0.717) is 23.8 Å². The number of hydrogen-bond donors (Lipinski definition) is 1. The maximum absolute atomic E-state index is 5.47. The molecular weight excluding hydrogens is 178 g/mol. The van der Waals surface area contributed by atoms with Crippen molar-refractivity contribution < 1.29 is 9.47 Å². The lowest BCUT2D eigenvalue weighted by Gasteiger charge is -2.11. The lowest BCUT2D eigenvalue weighted by atomic mass is 10.3. The van der Waals surface area contributed by atoms with E-state index < -0.39 is 0 Å². The number of ether oxygens (including phenoxy) is 2. The molecule has 14 heavy (non-hydrogen) atoms. The molecule has 0 heterocycles. The Labute approximate surface area is 85.9 Å². The molecule has 0 aromatic carbocycles. The minimum absolute atomic E-state index is 0.446. The van der Waals surface area contributed by atoms with Crippen LogP contribution in [-0.4, -0.2) is 13.7 Å². The zero-order valence-corrected chi connectivity index (χ0v) is 9.17. The van der Waals surface area contributed by atoms with Crippen LogP contribution in [0, 0.1) is 0 Å². The van der Waals surface area contributed by atoms with Gasteiger partial charge in [-0.05, 0) is 19.4 Å². The van der Waals surface area contributed by atoms with Crippen molar-refractivity contribution in [3.8, 4) is 0 Å². The molecule has 0 saturated carbocycles. The van der Waals surface area contributed by atoms with Crippen molar-refractivity contribution in [1.29, 1.82) is 0 Å². The highest BCUT2D eigenvalue weighted by Gasteiger charge is 2.04. The van der Waals surface area contributed by atoms with E-state index in [-0.39, 0.29) is 0 Å². The average Bonchev–Trinajstić information content (AvgIpc) is 2.16. The van der Waals surface area contributed by atoms with E-state index in [2.05, 4.69) is 6.58 Å². The molecule has 80 valence electrons. The highest BCUT2D eigenvalue weighted by molar-refractivity contribution is 5.26. The summed E-state index contributed by atoms with van der Waals surface area (Å²) in [6, 6.07) is 0. The van der Waals surface area contributed by atoms with E-state index in [0.717, 1.165) is 6.42 Å². The number of methoxy groups -OCH3 is 1. The Kier molecular flexibility index (Phi) is 6.37. The van der Waals surface area contributed by atoms with Gasteiger partial charge >= 0.3 is 0 Å². The molecule has 3 nitrogen and oxygen atoms in total. The summed E-state index contributed by atoms with van der Waals surface area (Å²) in [5, 5.41) is 0. The van der Waals surface area contributed by atoms with Gasteiger partial charge in [0, 0.05) is 11.8 Å². The van der Waals surface area contributed by atoms with E-state index in [9.17, 15) is 0 Å². The van der Waals surface area contributed by atoms with E-state index in [4.69, 9.17) is 15.2 Å². The first-order valence-electron chi connectivity index (χ1n) is 4.65. The second-order valence-corrected chi connectivity index (χ2v) is 2.79. The quantitative estimate of drug-likeness (QED) is 0.525. The van der Waals surface area contributed by atoms with Crippen molar-refractivity contribution in [2.24, 2.45) is 5.73 Å². The first-order chi connectivity index (χ1) is 6.65. The maximum atomic E-state index is 5.47. The van der Waals surface area contributed by atoms with Gasteiger partial charge in [0.1, 0.15) is 0 Å². The van der Waals surface area contributed by atoms with Crippen LogP contribution in [0.3, 0.4) is 0 Å². The summed E-state index contributed by atoms with van der Waals surface area (Å²) in [6.45, 7) is 8.18. The molecule has 0 rings (SSSR count). The van der Waals surface area contributed by atoms with Gasteiger partial charge in [-0.1, -0.05) is 13.5 Å². The van der Waals surface area contributed by atoms with Crippen LogP contribution in [0.15, 0.2) is 35.9 Å². The van der Waals surface area contributed by atoms with Gasteiger partial charge in [0.15, 0.2) is 11.5 Å². The van der Waals surface area contributed by atoms with Crippen LogP contribution < -0.4 is 5.73 Å². The summed E-state index contributed by atoms with van der Waals surface area (Å²) in [6.07, 6.45) is 4.44. The van der Waals surface area contributed by atoms with Crippen LogP contribution in [0.4, 0.5) is 0 Å². The summed E-state index contributed by atoms with van der Waals surface area (Å²) >= 11 is 0. The number of rotatable bonds is 6. The molecule has 0 fully saturated rings. The van der Waals surface area contributed by atoms with Gasteiger partial charge in [0.25, 0.3) is 0 Å². The van der Waals surface area contributed by atoms with E-state index in [1.54, 1.807) is 13.2 Å². The summed E-state index contributed by atoms with van der Waals surface area (Å²) in [5.74, 6) is 1.30. The Morgan fingerprint density at radius 2 is 2.07 bits per heavy atom. The molecule has 0 spiro atoms. The monoisotopic (exact) mass is 197 g/mol. The smallest absolute Gasteiger partial charge is 0.162 e. The van der Waals surface area contributed by atoms with Gasteiger partial charge in [0.2, 0.25) is 0 Å². The zero-order chi connectivity index (χ0) is 11.0. The molecule has 0 aliphatic carbocycles. The van der Waals surface area contributed by atoms with Gasteiger partial charge in [-0.3, -0.25) is 0 Å². The summed E-state index contributed by atoms with van der Waals surface area (Å²) < 4.78 is 10.6. The van der Waals surface area contributed by atoms with Gasteiger partial charge < -0.3 is 15.2 Å². The second-order valence-electron chi connectivity index (χ2n) is 2.79. The van der Waals surface area contributed by atoms with Crippen molar-refractivity contribution in [1.82, 2.24) is 0 Å². The van der Waals surface area contributed by atoms with E-state index in [1.165, 1.54) is 0 Å². The highest BCUT2D eigenvalue weighted by atomic mass is 16.5. The topological polar surface area (TPSA) is 44.5 Å². The van der Waals surface area contributed by atoms with Gasteiger partial charge in [0.05, 0.1) is 13.7 Å². The largest absolute Gasteiger partial charge is 0.493 e. The number of nitrogens with two attached hydrogens (primary N) is 1. The Morgan fingerprint density at radius 3 is 2.43 bits per heavy atom. The SMILES string of the molecule is C=C(N)/C=C(OC)\C(=C/C)OCCC. The molecule has 0 saturated heterocycles. The van der Waals surface area contributed by atoms with Crippen LogP contribution in [0.1, 0.15) is 20.3 Å². The molecule has 0 unspecified atom stereocenters. The summed E-state index contributed by atoms with van der Waals surface area (Å²) in [4.78, 5) is 0. The molecule has 0 bridgehead atoms. The van der Waals surface area contributed by atoms with E-state index in [1.807, 2.05) is 19.9 Å². The van der Waals surface area contributed by atoms with Crippen molar-refractivity contribution in [3.63, 3.8) is 0 Å². The second kappa shape index (κ2) is 7.06. The molecule has 0 aliphatic rings. The van der Waals surface area contributed by atoms with Crippen molar-refractivity contribution in [3.05, 3.63) is 35.9 Å². The molecule has 0 amide bonds. The molecule has 0 aliphatic heterocycles. The fraction of sp³-hybridized carbons (Fsp3) is 0.455. The third kappa shape index (κ3) is 4.60. The molecule has 0 aromatic heterocycles. The van der Waals surface area contributed by atoms with Crippen molar-refractivity contribution in [2.75, 3.05) is 13.7 Å². The predicted molar refractivity (Wildman–Crippen MR) is 58.4 cm³/mol. The zero-order valence-electron chi connectivity index (χ0n) is 9.17. The standard InChI is InChI=1S/C11H19NO2/c1-5-7-14-10(6-2)11(13-4)8-9(3)12/h6,8H,3,5,7,12H2,1-2,4H3/b10-6+,11-8+. The predicted octanol–water partition coefficient (Wildman–Crippen LogP) is 2.32. The number of hydrogen-bond acceptors (Lipinski definition) is 3. The van der Waals surface area contributed by atoms with Crippen LogP contribution in [0.2, 0.25) is 0 Å². The van der Waals surface area contributed by atoms with Crippen molar-refractivity contribution >= 4 is 0 Å². The molecule has 0 atom stereocenters. The van der Waals surface area contributed by atoms with Crippen LogP contribution in [-0.2, 0) is 9.47 Å². The first kappa shape index (κ1) is 12.6. The Balaban J connectivity index is 4.55. The van der Waals surface area contributed by atoms with Gasteiger partial charge in [-0.25, -0.2) is 0 Å². The summed E-state index contributed by atoms with van der Waals surface area (Å²) in [7, 11) is 1.58. The average molecular weight is 197 g/mol. The lowest BCUT2D eigenvalue weighted by Crippen LogP contribution is -2.02.